The predicted octanol–water partition coefficient (Wildman–Crippen LogP) is 2.69. The van der Waals surface area contributed by atoms with Crippen molar-refractivity contribution in [3.63, 3.8) is 0 Å². The number of pyridine rings is 1. The average Bonchev–Trinajstić information content (AvgIpc) is 2.74. The molecule has 0 bridgehead atoms. The molecule has 2 aromatic heterocycles. The molecule has 7 heteroatoms. The van der Waals surface area contributed by atoms with Crippen LogP contribution in [0.1, 0.15) is 12.5 Å². The predicted molar refractivity (Wildman–Crippen MR) is 83.4 cm³/mol. The third kappa shape index (κ3) is 2.29. The number of fused-ring (bicyclic) bond motifs is 1. The smallest absolute Gasteiger partial charge is 0.154 e. The standard InChI is InChI=1S/C13H16BrClN4O/c1-8-7-20-4-3-19(8)10-5-9(6-15)12-11(16-10)13(14)17-18(12)2/h5,8H,3-4,6-7H2,1-2H3. The topological polar surface area (TPSA) is 43.2 Å². The van der Waals surface area contributed by atoms with Gasteiger partial charge in [0.15, 0.2) is 4.60 Å². The van der Waals surface area contributed by atoms with Crippen molar-refractivity contribution < 1.29 is 4.74 Å². The van der Waals surface area contributed by atoms with Gasteiger partial charge in [0.1, 0.15) is 11.3 Å². The van der Waals surface area contributed by atoms with Gasteiger partial charge in [-0.25, -0.2) is 4.98 Å². The van der Waals surface area contributed by atoms with Gasteiger partial charge >= 0.3 is 0 Å². The van der Waals surface area contributed by atoms with E-state index >= 15 is 0 Å². The van der Waals surface area contributed by atoms with E-state index in [1.54, 1.807) is 0 Å². The second kappa shape index (κ2) is 5.50. The summed E-state index contributed by atoms with van der Waals surface area (Å²) >= 11 is 9.58. The van der Waals surface area contributed by atoms with Gasteiger partial charge in [0, 0.05) is 19.5 Å². The molecule has 0 saturated carbocycles. The van der Waals surface area contributed by atoms with E-state index in [0.29, 0.717) is 11.9 Å². The molecule has 1 atom stereocenters. The molecule has 0 aromatic carbocycles. The molecular weight excluding hydrogens is 344 g/mol. The quantitative estimate of drug-likeness (QED) is 0.773. The zero-order chi connectivity index (χ0) is 14.3. The molecule has 1 unspecified atom stereocenters. The van der Waals surface area contributed by atoms with Gasteiger partial charge in [-0.2, -0.15) is 5.10 Å². The lowest BCUT2D eigenvalue weighted by atomic mass is 10.2. The van der Waals surface area contributed by atoms with Crippen molar-refractivity contribution in [1.82, 2.24) is 14.8 Å². The van der Waals surface area contributed by atoms with Gasteiger partial charge in [-0.15, -0.1) is 11.6 Å². The first-order valence-electron chi connectivity index (χ1n) is 6.54. The summed E-state index contributed by atoms with van der Waals surface area (Å²) in [5.74, 6) is 1.38. The maximum atomic E-state index is 6.11. The monoisotopic (exact) mass is 358 g/mol. The van der Waals surface area contributed by atoms with E-state index in [1.165, 1.54) is 0 Å². The van der Waals surface area contributed by atoms with E-state index < -0.39 is 0 Å². The van der Waals surface area contributed by atoms with Crippen LogP contribution in [0.15, 0.2) is 10.7 Å². The van der Waals surface area contributed by atoms with Gasteiger partial charge in [0.05, 0.1) is 24.8 Å². The average molecular weight is 360 g/mol. The molecule has 1 saturated heterocycles. The van der Waals surface area contributed by atoms with Crippen LogP contribution in [-0.2, 0) is 17.7 Å². The van der Waals surface area contributed by atoms with Gasteiger partial charge in [0.2, 0.25) is 0 Å². The minimum absolute atomic E-state index is 0.312. The summed E-state index contributed by atoms with van der Waals surface area (Å²) in [6, 6.07) is 2.37. The molecule has 3 heterocycles. The summed E-state index contributed by atoms with van der Waals surface area (Å²) in [6.45, 7) is 4.45. The highest BCUT2D eigenvalue weighted by Gasteiger charge is 2.23. The fraction of sp³-hybridized carbons (Fsp3) is 0.538. The molecule has 1 aliphatic heterocycles. The van der Waals surface area contributed by atoms with Crippen LogP contribution in [-0.4, -0.2) is 40.6 Å². The van der Waals surface area contributed by atoms with Crippen molar-refractivity contribution in [2.75, 3.05) is 24.7 Å². The van der Waals surface area contributed by atoms with Crippen LogP contribution in [0.3, 0.4) is 0 Å². The van der Waals surface area contributed by atoms with Crippen LogP contribution in [0.4, 0.5) is 5.82 Å². The normalized spacial score (nSPS) is 19.8. The van der Waals surface area contributed by atoms with Crippen molar-refractivity contribution in [2.45, 2.75) is 18.8 Å². The van der Waals surface area contributed by atoms with E-state index in [9.17, 15) is 0 Å². The molecule has 20 heavy (non-hydrogen) atoms. The Hall–Kier alpha value is -0.850. The highest BCUT2D eigenvalue weighted by molar-refractivity contribution is 9.10. The van der Waals surface area contributed by atoms with E-state index in [0.717, 1.165) is 46.8 Å². The van der Waals surface area contributed by atoms with Crippen LogP contribution < -0.4 is 4.90 Å². The van der Waals surface area contributed by atoms with E-state index in [4.69, 9.17) is 21.3 Å². The Morgan fingerprint density at radius 2 is 2.35 bits per heavy atom. The Morgan fingerprint density at radius 3 is 3.05 bits per heavy atom. The number of nitrogens with zero attached hydrogens (tertiary/aromatic N) is 4. The molecular formula is C13H16BrClN4O. The molecule has 0 aliphatic carbocycles. The summed E-state index contributed by atoms with van der Waals surface area (Å²) in [6.07, 6.45) is 0. The highest BCUT2D eigenvalue weighted by atomic mass is 79.9. The first-order valence-corrected chi connectivity index (χ1v) is 7.87. The maximum absolute atomic E-state index is 6.11. The summed E-state index contributed by atoms with van der Waals surface area (Å²) in [5.41, 5.74) is 2.89. The molecule has 0 amide bonds. The number of aromatic nitrogens is 3. The Balaban J connectivity index is 2.14. The lowest BCUT2D eigenvalue weighted by Crippen LogP contribution is -2.44. The molecule has 3 rings (SSSR count). The molecule has 5 nitrogen and oxygen atoms in total. The SMILES string of the molecule is CC1COCCN1c1cc(CCl)c2c(n1)c(Br)nn2C. The summed E-state index contributed by atoms with van der Waals surface area (Å²) in [7, 11) is 1.90. The number of alkyl halides is 1. The number of hydrogen-bond donors (Lipinski definition) is 0. The number of anilines is 1. The number of morpholine rings is 1. The Kier molecular flexibility index (Phi) is 3.88. The Bertz CT molecular complexity index is 645. The minimum Gasteiger partial charge on any atom is -0.377 e. The molecule has 0 spiro atoms. The molecule has 1 fully saturated rings. The van der Waals surface area contributed by atoms with Crippen molar-refractivity contribution >= 4 is 44.4 Å². The van der Waals surface area contributed by atoms with Crippen LogP contribution in [0, 0.1) is 0 Å². The van der Waals surface area contributed by atoms with Crippen molar-refractivity contribution in [3.05, 3.63) is 16.2 Å². The van der Waals surface area contributed by atoms with Crippen LogP contribution in [0.2, 0.25) is 0 Å². The summed E-state index contributed by atoms with van der Waals surface area (Å²) in [4.78, 5) is 7.02. The zero-order valence-corrected chi connectivity index (χ0v) is 13.8. The summed E-state index contributed by atoms with van der Waals surface area (Å²) in [5, 5.41) is 4.37. The molecule has 1 aliphatic rings. The number of halogens is 2. The van der Waals surface area contributed by atoms with Gasteiger partial charge in [-0.05, 0) is 34.5 Å². The van der Waals surface area contributed by atoms with Crippen molar-refractivity contribution in [1.29, 1.82) is 0 Å². The van der Waals surface area contributed by atoms with Gasteiger partial charge in [-0.1, -0.05) is 0 Å². The largest absolute Gasteiger partial charge is 0.377 e. The van der Waals surface area contributed by atoms with Crippen LogP contribution in [0.5, 0.6) is 0 Å². The second-order valence-corrected chi connectivity index (χ2v) is 6.02. The number of ether oxygens (including phenoxy) is 1. The van der Waals surface area contributed by atoms with Gasteiger partial charge in [-0.3, -0.25) is 4.68 Å². The highest BCUT2D eigenvalue weighted by Crippen LogP contribution is 2.29. The van der Waals surface area contributed by atoms with E-state index in [1.807, 2.05) is 11.7 Å². The van der Waals surface area contributed by atoms with Crippen molar-refractivity contribution in [2.24, 2.45) is 7.05 Å². The molecule has 0 N–H and O–H groups in total. The number of rotatable bonds is 2. The van der Waals surface area contributed by atoms with Crippen LogP contribution >= 0.6 is 27.5 Å². The van der Waals surface area contributed by atoms with E-state index in [-0.39, 0.29) is 0 Å². The Labute approximate surface area is 131 Å². The zero-order valence-electron chi connectivity index (χ0n) is 11.4. The molecule has 0 radical (unpaired) electrons. The van der Waals surface area contributed by atoms with Gasteiger partial charge < -0.3 is 9.64 Å². The van der Waals surface area contributed by atoms with E-state index in [2.05, 4.69) is 38.9 Å². The van der Waals surface area contributed by atoms with Crippen molar-refractivity contribution in [3.8, 4) is 0 Å². The van der Waals surface area contributed by atoms with Gasteiger partial charge in [0.25, 0.3) is 0 Å². The third-order valence-corrected chi connectivity index (χ3v) is 4.44. The second-order valence-electron chi connectivity index (χ2n) is 5.00. The fourth-order valence-electron chi connectivity index (χ4n) is 2.63. The minimum atomic E-state index is 0.312. The lowest BCUT2D eigenvalue weighted by molar-refractivity contribution is 0.0985. The molecule has 2 aromatic rings. The lowest BCUT2D eigenvalue weighted by Gasteiger charge is -2.34. The Morgan fingerprint density at radius 1 is 1.55 bits per heavy atom. The maximum Gasteiger partial charge on any atom is 0.154 e. The number of aryl methyl sites for hydroxylation is 1. The summed E-state index contributed by atoms with van der Waals surface area (Å²) < 4.78 is 8.05. The number of hydrogen-bond acceptors (Lipinski definition) is 4. The molecule has 108 valence electrons. The first-order chi connectivity index (χ1) is 9.61. The fourth-order valence-corrected chi connectivity index (χ4v) is 3.34. The first kappa shape index (κ1) is 14.1. The third-order valence-electron chi connectivity index (χ3n) is 3.62. The van der Waals surface area contributed by atoms with Crippen LogP contribution in [0.25, 0.3) is 11.0 Å².